The molecule has 0 aliphatic rings. The lowest BCUT2D eigenvalue weighted by molar-refractivity contribution is 0.0972. The number of aryl methyl sites for hydroxylation is 1. The fourth-order valence-corrected chi connectivity index (χ4v) is 3.13. The molecule has 0 saturated carbocycles. The lowest BCUT2D eigenvalue weighted by atomic mass is 10.1. The number of nitrogens with zero attached hydrogens (tertiary/aromatic N) is 1. The molecular weight excluding hydrogens is 298 g/mol. The van der Waals surface area contributed by atoms with Gasteiger partial charge in [0.15, 0.2) is 0 Å². The third-order valence-electron chi connectivity index (χ3n) is 4.33. The molecule has 0 radical (unpaired) electrons. The van der Waals surface area contributed by atoms with E-state index in [-0.39, 0.29) is 5.91 Å². The van der Waals surface area contributed by atoms with Crippen molar-refractivity contribution in [1.29, 1.82) is 0 Å². The van der Waals surface area contributed by atoms with Gasteiger partial charge in [-0.15, -0.1) is 0 Å². The number of aromatic nitrogens is 1. The van der Waals surface area contributed by atoms with Crippen molar-refractivity contribution >= 4 is 22.9 Å². The minimum atomic E-state index is -0.0359. The van der Waals surface area contributed by atoms with Crippen LogP contribution in [0.4, 0.5) is 0 Å². The zero-order valence-electron chi connectivity index (χ0n) is 14.2. The van der Waals surface area contributed by atoms with Crippen molar-refractivity contribution in [1.82, 2.24) is 4.57 Å². The van der Waals surface area contributed by atoms with Gasteiger partial charge in [0.25, 0.3) is 5.91 Å². The first-order valence-electron chi connectivity index (χ1n) is 8.11. The van der Waals surface area contributed by atoms with Gasteiger partial charge in [-0.2, -0.15) is 0 Å². The summed E-state index contributed by atoms with van der Waals surface area (Å²) in [6.45, 7) is 4.11. The molecule has 1 aromatic heterocycles. The molecule has 3 heteroatoms. The van der Waals surface area contributed by atoms with Gasteiger partial charge in [0.2, 0.25) is 0 Å². The van der Waals surface area contributed by atoms with Crippen molar-refractivity contribution in [2.24, 2.45) is 0 Å². The summed E-state index contributed by atoms with van der Waals surface area (Å²) in [7, 11) is 1.66. The minimum Gasteiger partial charge on any atom is -0.497 e. The molecule has 0 aliphatic carbocycles. The summed E-state index contributed by atoms with van der Waals surface area (Å²) in [6, 6.07) is 15.7. The SMILES string of the molecule is CCc1c(C)n(C(=O)C=Cc2ccccc2)c2ccc(OC)cc12. The number of hydrogen-bond donors (Lipinski definition) is 0. The van der Waals surface area contributed by atoms with E-state index in [1.165, 1.54) is 5.56 Å². The highest BCUT2D eigenvalue weighted by molar-refractivity contribution is 6.02. The van der Waals surface area contributed by atoms with Crippen molar-refractivity contribution in [3.63, 3.8) is 0 Å². The van der Waals surface area contributed by atoms with Gasteiger partial charge in [0.1, 0.15) is 5.75 Å². The fourth-order valence-electron chi connectivity index (χ4n) is 3.13. The van der Waals surface area contributed by atoms with E-state index in [4.69, 9.17) is 4.74 Å². The first kappa shape index (κ1) is 16.1. The van der Waals surface area contributed by atoms with E-state index >= 15 is 0 Å². The average Bonchev–Trinajstić information content (AvgIpc) is 2.90. The first-order valence-corrected chi connectivity index (χ1v) is 8.11. The minimum absolute atomic E-state index is 0.0359. The Hall–Kier alpha value is -2.81. The molecule has 3 aromatic rings. The first-order chi connectivity index (χ1) is 11.7. The van der Waals surface area contributed by atoms with Gasteiger partial charge in [-0.1, -0.05) is 37.3 Å². The second-order valence-electron chi connectivity index (χ2n) is 5.72. The van der Waals surface area contributed by atoms with Crippen LogP contribution in [0.1, 0.15) is 28.5 Å². The second-order valence-corrected chi connectivity index (χ2v) is 5.72. The normalized spacial score (nSPS) is 11.3. The molecular formula is C21H21NO2. The van der Waals surface area contributed by atoms with E-state index in [0.29, 0.717) is 0 Å². The van der Waals surface area contributed by atoms with E-state index in [2.05, 4.69) is 6.92 Å². The van der Waals surface area contributed by atoms with Crippen molar-refractivity contribution in [3.8, 4) is 5.75 Å². The largest absolute Gasteiger partial charge is 0.497 e. The molecule has 0 N–H and O–H groups in total. The average molecular weight is 319 g/mol. The smallest absolute Gasteiger partial charge is 0.255 e. The molecule has 0 unspecified atom stereocenters. The highest BCUT2D eigenvalue weighted by atomic mass is 16.5. The molecule has 0 spiro atoms. The summed E-state index contributed by atoms with van der Waals surface area (Å²) < 4.78 is 7.11. The third kappa shape index (κ3) is 2.85. The number of hydrogen-bond acceptors (Lipinski definition) is 2. The number of fused-ring (bicyclic) bond motifs is 1. The number of rotatable bonds is 4. The summed E-state index contributed by atoms with van der Waals surface area (Å²) in [4.78, 5) is 12.8. The van der Waals surface area contributed by atoms with Crippen LogP contribution in [0.2, 0.25) is 0 Å². The molecule has 0 bridgehead atoms. The Kier molecular flexibility index (Phi) is 4.52. The molecule has 3 nitrogen and oxygen atoms in total. The summed E-state index contributed by atoms with van der Waals surface area (Å²) >= 11 is 0. The predicted octanol–water partition coefficient (Wildman–Crippen LogP) is 4.87. The summed E-state index contributed by atoms with van der Waals surface area (Å²) in [5, 5.41) is 1.08. The van der Waals surface area contributed by atoms with Crippen LogP contribution >= 0.6 is 0 Å². The van der Waals surface area contributed by atoms with Gasteiger partial charge >= 0.3 is 0 Å². The molecule has 0 atom stereocenters. The molecule has 0 fully saturated rings. The van der Waals surface area contributed by atoms with Crippen LogP contribution in [0.5, 0.6) is 5.75 Å². The fraction of sp³-hybridized carbons (Fsp3) is 0.190. The Bertz CT molecular complexity index is 904. The van der Waals surface area contributed by atoms with Gasteiger partial charge in [0, 0.05) is 17.2 Å². The Morgan fingerprint density at radius 3 is 2.58 bits per heavy atom. The summed E-state index contributed by atoms with van der Waals surface area (Å²) in [6.07, 6.45) is 4.35. The van der Waals surface area contributed by atoms with Crippen LogP contribution in [0.25, 0.3) is 17.0 Å². The highest BCUT2D eigenvalue weighted by Crippen LogP contribution is 2.29. The maximum atomic E-state index is 12.8. The number of benzene rings is 2. The van der Waals surface area contributed by atoms with Crippen molar-refractivity contribution < 1.29 is 9.53 Å². The number of carbonyl (C=O) groups is 1. The Morgan fingerprint density at radius 2 is 1.92 bits per heavy atom. The van der Waals surface area contributed by atoms with E-state index in [1.54, 1.807) is 17.8 Å². The van der Waals surface area contributed by atoms with E-state index in [1.807, 2.05) is 61.5 Å². The highest BCUT2D eigenvalue weighted by Gasteiger charge is 2.16. The van der Waals surface area contributed by atoms with E-state index in [0.717, 1.165) is 34.3 Å². The maximum absolute atomic E-state index is 12.8. The summed E-state index contributed by atoms with van der Waals surface area (Å²) in [5.41, 5.74) is 4.11. The zero-order valence-corrected chi connectivity index (χ0v) is 14.2. The quantitative estimate of drug-likeness (QED) is 0.642. The lowest BCUT2D eigenvalue weighted by Gasteiger charge is -2.04. The molecule has 3 rings (SSSR count). The third-order valence-corrected chi connectivity index (χ3v) is 4.33. The van der Waals surface area contributed by atoms with Crippen LogP contribution in [-0.2, 0) is 6.42 Å². The van der Waals surface area contributed by atoms with Gasteiger partial charge in [0.05, 0.1) is 12.6 Å². The number of methoxy groups -OCH3 is 1. The maximum Gasteiger partial charge on any atom is 0.255 e. The summed E-state index contributed by atoms with van der Waals surface area (Å²) in [5.74, 6) is 0.771. The molecule has 122 valence electrons. The van der Waals surface area contributed by atoms with Gasteiger partial charge in [-0.05, 0) is 48.7 Å². The number of ether oxygens (including phenoxy) is 1. The van der Waals surface area contributed by atoms with Crippen molar-refractivity contribution in [3.05, 3.63) is 71.4 Å². The Labute approximate surface area is 142 Å². The number of carbonyl (C=O) groups excluding carboxylic acids is 1. The van der Waals surface area contributed by atoms with Crippen LogP contribution in [0.3, 0.4) is 0 Å². The van der Waals surface area contributed by atoms with Crippen molar-refractivity contribution in [2.45, 2.75) is 20.3 Å². The van der Waals surface area contributed by atoms with E-state index in [9.17, 15) is 4.79 Å². The molecule has 0 saturated heterocycles. The molecule has 1 heterocycles. The van der Waals surface area contributed by atoms with Crippen molar-refractivity contribution in [2.75, 3.05) is 7.11 Å². The molecule has 2 aromatic carbocycles. The topological polar surface area (TPSA) is 31.2 Å². The Balaban J connectivity index is 2.07. The molecule has 0 aliphatic heterocycles. The van der Waals surface area contributed by atoms with Gasteiger partial charge in [-0.3, -0.25) is 9.36 Å². The monoisotopic (exact) mass is 319 g/mol. The van der Waals surface area contributed by atoms with Gasteiger partial charge < -0.3 is 4.74 Å². The predicted molar refractivity (Wildman–Crippen MR) is 98.7 cm³/mol. The molecule has 24 heavy (non-hydrogen) atoms. The second kappa shape index (κ2) is 6.75. The van der Waals surface area contributed by atoms with Crippen LogP contribution in [0.15, 0.2) is 54.6 Å². The number of allylic oxidation sites excluding steroid dienone is 1. The lowest BCUT2D eigenvalue weighted by Crippen LogP contribution is -2.09. The van der Waals surface area contributed by atoms with Crippen LogP contribution < -0.4 is 4.74 Å². The van der Waals surface area contributed by atoms with Crippen LogP contribution in [0, 0.1) is 6.92 Å². The van der Waals surface area contributed by atoms with E-state index < -0.39 is 0 Å². The van der Waals surface area contributed by atoms with Crippen LogP contribution in [-0.4, -0.2) is 17.6 Å². The standard InChI is InChI=1S/C21H21NO2/c1-4-18-15(2)22(20-12-11-17(24-3)14-19(18)20)21(23)13-10-16-8-6-5-7-9-16/h5-14H,4H2,1-3H3. The Morgan fingerprint density at radius 1 is 1.17 bits per heavy atom. The molecule has 0 amide bonds. The zero-order chi connectivity index (χ0) is 17.1. The van der Waals surface area contributed by atoms with Gasteiger partial charge in [-0.25, -0.2) is 0 Å².